The number of halogens is 1. The fraction of sp³-hybridized carbons (Fsp3) is 0.531. The van der Waals surface area contributed by atoms with Crippen molar-refractivity contribution in [3.63, 3.8) is 0 Å². The Morgan fingerprint density at radius 1 is 1.04 bits per heavy atom. The number of amides is 1. The predicted octanol–water partition coefficient (Wildman–Crippen LogP) is 5.30. The summed E-state index contributed by atoms with van der Waals surface area (Å²) in [6, 6.07) is 8.89. The minimum Gasteiger partial charge on any atom is -0.495 e. The van der Waals surface area contributed by atoms with Gasteiger partial charge in [-0.3, -0.25) is 9.59 Å². The number of hydroxylamine groups is 2. The zero-order valence-corrected chi connectivity index (χ0v) is 26.8. The normalized spacial score (nSPS) is 21.8. The van der Waals surface area contributed by atoms with E-state index in [2.05, 4.69) is 10.3 Å². The van der Waals surface area contributed by atoms with Gasteiger partial charge < -0.3 is 38.8 Å². The molecule has 45 heavy (non-hydrogen) atoms. The number of carbonyl (C=O) groups is 2. The monoisotopic (exact) mass is 644 g/mol. The molecule has 1 aliphatic heterocycles. The highest BCUT2D eigenvalue weighted by atomic mass is 35.5. The molecule has 1 aromatic heterocycles. The molecule has 3 aromatic rings. The van der Waals surface area contributed by atoms with Crippen LogP contribution in [0, 0.1) is 5.92 Å². The lowest BCUT2D eigenvalue weighted by Crippen LogP contribution is -2.48. The number of hydrogen-bond acceptors (Lipinski definition) is 10. The molecule has 2 N–H and O–H groups in total. The van der Waals surface area contributed by atoms with E-state index in [9.17, 15) is 14.7 Å². The number of benzene rings is 2. The molecular formula is C32H41ClN4O8. The molecule has 2 heterocycles. The summed E-state index contributed by atoms with van der Waals surface area (Å²) >= 11 is 6.18. The number of ether oxygens (including phenoxy) is 3. The number of methoxy groups -OCH3 is 2. The molecule has 1 aliphatic carbocycles. The summed E-state index contributed by atoms with van der Waals surface area (Å²) in [6.07, 6.45) is 4.43. The number of likely N-dealkylation sites (N-methyl/N-ethyl adjacent to an activating group) is 1. The smallest absolute Gasteiger partial charge is 0.306 e. The van der Waals surface area contributed by atoms with E-state index >= 15 is 0 Å². The van der Waals surface area contributed by atoms with Gasteiger partial charge in [0.05, 0.1) is 58.1 Å². The van der Waals surface area contributed by atoms with Crippen molar-refractivity contribution in [3.05, 3.63) is 40.9 Å². The number of fused-ring (bicyclic) bond motifs is 1. The van der Waals surface area contributed by atoms with Crippen LogP contribution in [-0.4, -0.2) is 91.6 Å². The van der Waals surface area contributed by atoms with E-state index in [0.29, 0.717) is 72.1 Å². The average Bonchev–Trinajstić information content (AvgIpc) is 3.63. The van der Waals surface area contributed by atoms with Gasteiger partial charge in [0.25, 0.3) is 0 Å². The zero-order valence-electron chi connectivity index (χ0n) is 26.1. The van der Waals surface area contributed by atoms with Gasteiger partial charge in [-0.05, 0) is 74.4 Å². The van der Waals surface area contributed by atoms with Crippen LogP contribution in [0.1, 0.15) is 44.1 Å². The summed E-state index contributed by atoms with van der Waals surface area (Å²) in [6.45, 7) is 0.975. The number of carboxylic acid groups (broad SMARTS) is 1. The van der Waals surface area contributed by atoms with Crippen molar-refractivity contribution in [3.8, 4) is 11.5 Å². The average molecular weight is 645 g/mol. The number of anilines is 2. The van der Waals surface area contributed by atoms with Gasteiger partial charge in [0.15, 0.2) is 11.1 Å². The van der Waals surface area contributed by atoms with Crippen molar-refractivity contribution in [2.24, 2.45) is 5.92 Å². The molecule has 2 aliphatic rings. The summed E-state index contributed by atoms with van der Waals surface area (Å²) in [4.78, 5) is 37.2. The summed E-state index contributed by atoms with van der Waals surface area (Å²) in [5.41, 5.74) is 2.30. The first-order chi connectivity index (χ1) is 21.7. The summed E-state index contributed by atoms with van der Waals surface area (Å²) in [7, 11) is 6.57. The standard InChI is InChI=1S/C32H41ClN4O8/c1-36(43-4)17-22-8-9-23(18-44-24-10-5-20(6-11-24)31(39)40)37(22)29(38)15-19-13-27(42-3)30-28(14-19)45-32(35-30)34-25-16-21(33)7-12-26(25)41-2/h7,12-14,16,20,22-24H,5-6,8-11,15,17-18H2,1-4H3,(H,34,35)(H,39,40)/t20?,22-,23-,24?/m0/s1. The molecule has 1 saturated heterocycles. The maximum absolute atomic E-state index is 14.0. The largest absolute Gasteiger partial charge is 0.495 e. The Hall–Kier alpha value is -3.58. The van der Waals surface area contributed by atoms with E-state index in [1.165, 1.54) is 0 Å². The number of rotatable bonds is 13. The van der Waals surface area contributed by atoms with Crippen LogP contribution in [0.3, 0.4) is 0 Å². The maximum atomic E-state index is 14.0. The van der Waals surface area contributed by atoms with Crippen molar-refractivity contribution in [1.82, 2.24) is 14.9 Å². The fourth-order valence-electron chi connectivity index (χ4n) is 6.33. The number of carboxylic acids is 1. The topological polar surface area (TPSA) is 136 Å². The second kappa shape index (κ2) is 14.7. The zero-order chi connectivity index (χ0) is 32.1. The third-order valence-electron chi connectivity index (χ3n) is 8.73. The number of hydrogen-bond donors (Lipinski definition) is 2. The van der Waals surface area contributed by atoms with Gasteiger partial charge in [0, 0.05) is 24.7 Å². The Kier molecular flexibility index (Phi) is 10.7. The Balaban J connectivity index is 1.32. The number of nitrogens with zero attached hydrogens (tertiary/aromatic N) is 3. The second-order valence-corrected chi connectivity index (χ2v) is 12.1. The van der Waals surface area contributed by atoms with Crippen LogP contribution in [0.25, 0.3) is 11.1 Å². The molecular weight excluding hydrogens is 604 g/mol. The molecule has 0 spiro atoms. The van der Waals surface area contributed by atoms with Crippen LogP contribution < -0.4 is 14.8 Å². The number of aromatic nitrogens is 1. The molecule has 244 valence electrons. The predicted molar refractivity (Wildman–Crippen MR) is 168 cm³/mol. The van der Waals surface area contributed by atoms with Crippen LogP contribution in [0.2, 0.25) is 5.02 Å². The van der Waals surface area contributed by atoms with Gasteiger partial charge in [-0.25, -0.2) is 0 Å². The molecule has 1 saturated carbocycles. The van der Waals surface area contributed by atoms with Crippen LogP contribution in [0.15, 0.2) is 34.7 Å². The van der Waals surface area contributed by atoms with Crippen molar-refractivity contribution in [1.29, 1.82) is 0 Å². The molecule has 0 bridgehead atoms. The Morgan fingerprint density at radius 2 is 1.78 bits per heavy atom. The summed E-state index contributed by atoms with van der Waals surface area (Å²) in [5, 5.41) is 14.7. The third-order valence-corrected chi connectivity index (χ3v) is 8.97. The minimum atomic E-state index is -0.736. The van der Waals surface area contributed by atoms with E-state index in [1.807, 2.05) is 24.1 Å². The lowest BCUT2D eigenvalue weighted by molar-refractivity contribution is -0.146. The van der Waals surface area contributed by atoms with E-state index in [0.717, 1.165) is 18.4 Å². The van der Waals surface area contributed by atoms with Crippen LogP contribution in [0.4, 0.5) is 11.7 Å². The highest BCUT2D eigenvalue weighted by molar-refractivity contribution is 6.31. The van der Waals surface area contributed by atoms with Gasteiger partial charge in [0.2, 0.25) is 5.91 Å². The van der Waals surface area contributed by atoms with E-state index in [4.69, 9.17) is 35.1 Å². The molecule has 0 unspecified atom stereocenters. The Morgan fingerprint density at radius 3 is 2.47 bits per heavy atom. The van der Waals surface area contributed by atoms with Crippen molar-refractivity contribution >= 4 is 46.3 Å². The fourth-order valence-corrected chi connectivity index (χ4v) is 6.50. The van der Waals surface area contributed by atoms with Crippen LogP contribution >= 0.6 is 11.6 Å². The van der Waals surface area contributed by atoms with Crippen molar-refractivity contribution in [2.45, 2.75) is 63.1 Å². The first-order valence-corrected chi connectivity index (χ1v) is 15.6. The molecule has 13 heteroatoms. The quantitative estimate of drug-likeness (QED) is 0.235. The molecule has 0 radical (unpaired) electrons. The van der Waals surface area contributed by atoms with Crippen LogP contribution in [-0.2, 0) is 25.6 Å². The highest BCUT2D eigenvalue weighted by Crippen LogP contribution is 2.35. The van der Waals surface area contributed by atoms with Gasteiger partial charge >= 0.3 is 12.0 Å². The summed E-state index contributed by atoms with van der Waals surface area (Å²) in [5.74, 6) is -0.00781. The SMILES string of the molecule is COc1ccc(Cl)cc1Nc1nc2c(OC)cc(CC(=O)N3[C@H](COC4CCC(C(=O)O)CC4)CC[C@H]3CN(C)OC)cc2o1. The van der Waals surface area contributed by atoms with Crippen molar-refractivity contribution < 1.29 is 38.2 Å². The maximum Gasteiger partial charge on any atom is 0.306 e. The van der Waals surface area contributed by atoms with E-state index < -0.39 is 5.97 Å². The lowest BCUT2D eigenvalue weighted by Gasteiger charge is -2.34. The molecule has 1 amide bonds. The molecule has 2 aromatic carbocycles. The van der Waals surface area contributed by atoms with E-state index in [1.54, 1.807) is 44.6 Å². The lowest BCUT2D eigenvalue weighted by atomic mass is 9.87. The Labute approximate surface area is 267 Å². The molecule has 12 nitrogen and oxygen atoms in total. The number of aliphatic carboxylic acids is 1. The minimum absolute atomic E-state index is 0.00561. The molecule has 2 atom stereocenters. The van der Waals surface area contributed by atoms with Crippen molar-refractivity contribution in [2.75, 3.05) is 46.8 Å². The van der Waals surface area contributed by atoms with E-state index in [-0.39, 0.29) is 42.4 Å². The van der Waals surface area contributed by atoms with Gasteiger partial charge in [-0.1, -0.05) is 11.6 Å². The third kappa shape index (κ3) is 7.81. The summed E-state index contributed by atoms with van der Waals surface area (Å²) < 4.78 is 23.4. The first-order valence-electron chi connectivity index (χ1n) is 15.2. The second-order valence-electron chi connectivity index (χ2n) is 11.6. The van der Waals surface area contributed by atoms with Gasteiger partial charge in [0.1, 0.15) is 11.5 Å². The highest BCUT2D eigenvalue weighted by Gasteiger charge is 2.38. The number of carbonyl (C=O) groups excluding carboxylic acids is 1. The number of oxazole rings is 1. The number of likely N-dealkylation sites (tertiary alicyclic amines) is 1. The molecule has 5 rings (SSSR count). The van der Waals surface area contributed by atoms with Gasteiger partial charge in [-0.2, -0.15) is 10.0 Å². The van der Waals surface area contributed by atoms with Gasteiger partial charge in [-0.15, -0.1) is 0 Å². The van der Waals surface area contributed by atoms with Crippen LogP contribution in [0.5, 0.6) is 11.5 Å². The Bertz CT molecular complexity index is 1490. The number of nitrogens with one attached hydrogen (secondary N) is 1. The first kappa shape index (κ1) is 32.8. The molecule has 2 fully saturated rings.